The van der Waals surface area contributed by atoms with E-state index in [4.69, 9.17) is 4.74 Å². The third-order valence-electron chi connectivity index (χ3n) is 2.39. The third-order valence-corrected chi connectivity index (χ3v) is 2.39. The van der Waals surface area contributed by atoms with Gasteiger partial charge in [-0.05, 0) is 24.1 Å². The number of fused-ring (bicyclic) bond motifs is 1. The molecule has 2 aromatic rings. The molecule has 14 heavy (non-hydrogen) atoms. The molecule has 2 rings (SSSR count). The second-order valence-corrected chi connectivity index (χ2v) is 3.19. The van der Waals surface area contributed by atoms with Crippen molar-refractivity contribution in [3.63, 3.8) is 0 Å². The topological polar surface area (TPSA) is 22.1 Å². The van der Waals surface area contributed by atoms with E-state index < -0.39 is 0 Å². The Morgan fingerprint density at radius 2 is 2.07 bits per heavy atom. The fraction of sp³-hybridized carbons (Fsp3) is 0.250. The Labute approximate surface area is 83.5 Å². The normalized spacial score (nSPS) is 10.4. The maximum absolute atomic E-state index is 5.08. The van der Waals surface area contributed by atoms with Crippen molar-refractivity contribution < 1.29 is 4.74 Å². The predicted molar refractivity (Wildman–Crippen MR) is 57.7 cm³/mol. The SMILES string of the molecule is CCc1cccc2nc(OC)ccc12. The molecule has 0 fully saturated rings. The minimum absolute atomic E-state index is 0.672. The number of hydrogen-bond donors (Lipinski definition) is 0. The van der Waals surface area contributed by atoms with Crippen molar-refractivity contribution in [2.45, 2.75) is 13.3 Å². The van der Waals surface area contributed by atoms with Crippen LogP contribution in [0.5, 0.6) is 5.88 Å². The number of rotatable bonds is 2. The lowest BCUT2D eigenvalue weighted by Crippen LogP contribution is -1.90. The molecule has 0 aliphatic rings. The van der Waals surface area contributed by atoms with E-state index >= 15 is 0 Å². The molecule has 1 heterocycles. The van der Waals surface area contributed by atoms with Crippen LogP contribution in [0, 0.1) is 0 Å². The highest BCUT2D eigenvalue weighted by atomic mass is 16.5. The van der Waals surface area contributed by atoms with Gasteiger partial charge in [-0.3, -0.25) is 0 Å². The Morgan fingerprint density at radius 3 is 2.79 bits per heavy atom. The Hall–Kier alpha value is -1.57. The quantitative estimate of drug-likeness (QED) is 0.721. The van der Waals surface area contributed by atoms with Gasteiger partial charge in [0.15, 0.2) is 0 Å². The first kappa shape index (κ1) is 9.00. The molecule has 0 spiro atoms. The van der Waals surface area contributed by atoms with E-state index in [2.05, 4.69) is 24.0 Å². The zero-order chi connectivity index (χ0) is 9.97. The van der Waals surface area contributed by atoms with Crippen molar-refractivity contribution in [3.8, 4) is 5.88 Å². The van der Waals surface area contributed by atoms with Crippen LogP contribution in [0.2, 0.25) is 0 Å². The molecule has 0 saturated heterocycles. The Morgan fingerprint density at radius 1 is 1.21 bits per heavy atom. The lowest BCUT2D eigenvalue weighted by Gasteiger charge is -2.04. The van der Waals surface area contributed by atoms with Crippen molar-refractivity contribution in [2.75, 3.05) is 7.11 Å². The molecule has 72 valence electrons. The molecule has 0 aliphatic heterocycles. The van der Waals surface area contributed by atoms with Crippen molar-refractivity contribution in [2.24, 2.45) is 0 Å². The van der Waals surface area contributed by atoms with Crippen molar-refractivity contribution in [3.05, 3.63) is 35.9 Å². The summed E-state index contributed by atoms with van der Waals surface area (Å²) in [7, 11) is 1.64. The van der Waals surface area contributed by atoms with Crippen LogP contribution in [0.1, 0.15) is 12.5 Å². The van der Waals surface area contributed by atoms with Gasteiger partial charge in [0, 0.05) is 11.5 Å². The summed E-state index contributed by atoms with van der Waals surface area (Å²) in [4.78, 5) is 4.38. The lowest BCUT2D eigenvalue weighted by atomic mass is 10.1. The van der Waals surface area contributed by atoms with E-state index in [1.54, 1.807) is 7.11 Å². The first-order valence-corrected chi connectivity index (χ1v) is 4.77. The number of hydrogen-bond acceptors (Lipinski definition) is 2. The number of aryl methyl sites for hydroxylation is 1. The fourth-order valence-electron chi connectivity index (χ4n) is 1.62. The molecular formula is C12H13NO. The van der Waals surface area contributed by atoms with E-state index in [-0.39, 0.29) is 0 Å². The van der Waals surface area contributed by atoms with E-state index in [1.165, 1.54) is 10.9 Å². The number of benzene rings is 1. The van der Waals surface area contributed by atoms with Crippen LogP contribution in [0.25, 0.3) is 10.9 Å². The van der Waals surface area contributed by atoms with E-state index in [0.717, 1.165) is 11.9 Å². The van der Waals surface area contributed by atoms with Gasteiger partial charge in [-0.15, -0.1) is 0 Å². The van der Waals surface area contributed by atoms with Crippen LogP contribution in [-0.2, 0) is 6.42 Å². The number of aromatic nitrogens is 1. The monoisotopic (exact) mass is 187 g/mol. The summed E-state index contributed by atoms with van der Waals surface area (Å²) in [6.07, 6.45) is 1.03. The van der Waals surface area contributed by atoms with E-state index in [0.29, 0.717) is 5.88 Å². The van der Waals surface area contributed by atoms with Gasteiger partial charge in [0.1, 0.15) is 0 Å². The molecule has 0 N–H and O–H groups in total. The Kier molecular flexibility index (Phi) is 2.35. The van der Waals surface area contributed by atoms with Crippen molar-refractivity contribution >= 4 is 10.9 Å². The highest BCUT2D eigenvalue weighted by molar-refractivity contribution is 5.82. The molecule has 0 saturated carbocycles. The summed E-state index contributed by atoms with van der Waals surface area (Å²) < 4.78 is 5.08. The van der Waals surface area contributed by atoms with Crippen LogP contribution < -0.4 is 4.74 Å². The van der Waals surface area contributed by atoms with Gasteiger partial charge in [0.25, 0.3) is 0 Å². The standard InChI is InChI=1S/C12H13NO/c1-3-9-5-4-6-11-10(9)7-8-12(13-11)14-2/h4-8H,3H2,1-2H3. The lowest BCUT2D eigenvalue weighted by molar-refractivity contribution is 0.399. The summed E-state index contributed by atoms with van der Waals surface area (Å²) in [5.41, 5.74) is 2.33. The van der Waals surface area contributed by atoms with Gasteiger partial charge in [-0.25, -0.2) is 4.98 Å². The summed E-state index contributed by atoms with van der Waals surface area (Å²) in [6, 6.07) is 10.2. The van der Waals surface area contributed by atoms with Gasteiger partial charge < -0.3 is 4.74 Å². The molecule has 1 aromatic heterocycles. The molecule has 2 heteroatoms. The van der Waals surface area contributed by atoms with E-state index in [1.807, 2.05) is 18.2 Å². The van der Waals surface area contributed by atoms with Crippen LogP contribution in [-0.4, -0.2) is 12.1 Å². The summed E-state index contributed by atoms with van der Waals surface area (Å²) in [5.74, 6) is 0.672. The molecule has 0 aliphatic carbocycles. The zero-order valence-electron chi connectivity index (χ0n) is 8.45. The summed E-state index contributed by atoms with van der Waals surface area (Å²) >= 11 is 0. The van der Waals surface area contributed by atoms with Crippen LogP contribution >= 0.6 is 0 Å². The maximum Gasteiger partial charge on any atom is 0.213 e. The van der Waals surface area contributed by atoms with Gasteiger partial charge in [0.2, 0.25) is 5.88 Å². The number of ether oxygens (including phenoxy) is 1. The van der Waals surface area contributed by atoms with Crippen LogP contribution in [0.3, 0.4) is 0 Å². The first-order valence-electron chi connectivity index (χ1n) is 4.77. The molecule has 0 bridgehead atoms. The fourth-order valence-corrected chi connectivity index (χ4v) is 1.62. The average molecular weight is 187 g/mol. The smallest absolute Gasteiger partial charge is 0.213 e. The third kappa shape index (κ3) is 1.43. The molecule has 2 nitrogen and oxygen atoms in total. The van der Waals surface area contributed by atoms with Crippen LogP contribution in [0.4, 0.5) is 0 Å². The highest BCUT2D eigenvalue weighted by Crippen LogP contribution is 2.20. The first-order chi connectivity index (χ1) is 6.85. The number of nitrogens with zero attached hydrogens (tertiary/aromatic N) is 1. The Bertz CT molecular complexity index is 451. The van der Waals surface area contributed by atoms with Gasteiger partial charge in [-0.1, -0.05) is 19.1 Å². The summed E-state index contributed by atoms with van der Waals surface area (Å²) in [6.45, 7) is 2.15. The number of pyridine rings is 1. The minimum Gasteiger partial charge on any atom is -0.481 e. The minimum atomic E-state index is 0.672. The molecule has 1 aromatic carbocycles. The molecule has 0 atom stereocenters. The van der Waals surface area contributed by atoms with E-state index in [9.17, 15) is 0 Å². The second-order valence-electron chi connectivity index (χ2n) is 3.19. The predicted octanol–water partition coefficient (Wildman–Crippen LogP) is 2.81. The van der Waals surface area contributed by atoms with Crippen molar-refractivity contribution in [1.29, 1.82) is 0 Å². The largest absolute Gasteiger partial charge is 0.481 e. The Balaban J connectivity index is 2.67. The summed E-state index contributed by atoms with van der Waals surface area (Å²) in [5, 5.41) is 1.22. The molecule has 0 radical (unpaired) electrons. The van der Waals surface area contributed by atoms with Gasteiger partial charge in [0.05, 0.1) is 12.6 Å². The second kappa shape index (κ2) is 3.66. The van der Waals surface area contributed by atoms with Gasteiger partial charge in [-0.2, -0.15) is 0 Å². The highest BCUT2D eigenvalue weighted by Gasteiger charge is 2.01. The molecule has 0 unspecified atom stereocenters. The zero-order valence-corrected chi connectivity index (χ0v) is 8.45. The number of methoxy groups -OCH3 is 1. The van der Waals surface area contributed by atoms with Crippen LogP contribution in [0.15, 0.2) is 30.3 Å². The maximum atomic E-state index is 5.08. The molecule has 0 amide bonds. The average Bonchev–Trinajstić information content (AvgIpc) is 2.27. The van der Waals surface area contributed by atoms with Crippen molar-refractivity contribution in [1.82, 2.24) is 4.98 Å². The molecular weight excluding hydrogens is 174 g/mol. The van der Waals surface area contributed by atoms with Gasteiger partial charge >= 0.3 is 0 Å².